The summed E-state index contributed by atoms with van der Waals surface area (Å²) in [6.45, 7) is 3.00. The number of likely N-dealkylation sites (tertiary alicyclic amines) is 1. The summed E-state index contributed by atoms with van der Waals surface area (Å²) in [7, 11) is 1.78. The number of hydrogen-bond acceptors (Lipinski definition) is 2. The Kier molecular flexibility index (Phi) is 4.25. The lowest BCUT2D eigenvalue weighted by Gasteiger charge is -2.16. The number of methoxy groups -OCH3 is 1. The molecule has 2 nitrogen and oxygen atoms in total. The quantitative estimate of drug-likeness (QED) is 0.849. The minimum absolute atomic E-state index is 0.384. The molecule has 1 aromatic rings. The molecule has 1 heterocycles. The van der Waals surface area contributed by atoms with Crippen molar-refractivity contribution in [3.63, 3.8) is 0 Å². The first-order valence-electron chi connectivity index (χ1n) is 5.38. The zero-order valence-corrected chi connectivity index (χ0v) is 11.6. The van der Waals surface area contributed by atoms with Crippen LogP contribution in [0.25, 0.3) is 0 Å². The van der Waals surface area contributed by atoms with E-state index in [1.165, 1.54) is 5.56 Å². The van der Waals surface area contributed by atoms with Crippen molar-refractivity contribution in [1.29, 1.82) is 0 Å². The van der Waals surface area contributed by atoms with Crippen LogP contribution >= 0.6 is 27.5 Å². The fraction of sp³-hybridized carbons (Fsp3) is 0.500. The number of rotatable bonds is 3. The SMILES string of the molecule is CO[C@H]1CCN(Cc2ccc(Br)cc2Cl)C1. The van der Waals surface area contributed by atoms with E-state index in [1.54, 1.807) is 7.11 Å². The smallest absolute Gasteiger partial charge is 0.0710 e. The Bertz CT molecular complexity index is 372. The van der Waals surface area contributed by atoms with Gasteiger partial charge in [0.1, 0.15) is 0 Å². The van der Waals surface area contributed by atoms with Crippen molar-refractivity contribution >= 4 is 27.5 Å². The lowest BCUT2D eigenvalue weighted by molar-refractivity contribution is 0.107. The molecule has 0 radical (unpaired) electrons. The van der Waals surface area contributed by atoms with E-state index in [0.29, 0.717) is 6.10 Å². The van der Waals surface area contributed by atoms with Crippen LogP contribution in [-0.4, -0.2) is 31.2 Å². The first-order valence-corrected chi connectivity index (χ1v) is 6.55. The normalized spacial score (nSPS) is 21.6. The summed E-state index contributed by atoms with van der Waals surface area (Å²) in [6, 6.07) is 6.05. The van der Waals surface area contributed by atoms with E-state index in [9.17, 15) is 0 Å². The molecule has 0 bridgehead atoms. The van der Waals surface area contributed by atoms with E-state index in [4.69, 9.17) is 16.3 Å². The highest BCUT2D eigenvalue weighted by atomic mass is 79.9. The highest BCUT2D eigenvalue weighted by molar-refractivity contribution is 9.10. The Balaban J connectivity index is 1.99. The molecule has 1 aliphatic heterocycles. The van der Waals surface area contributed by atoms with Gasteiger partial charge in [-0.1, -0.05) is 33.6 Å². The second kappa shape index (κ2) is 5.50. The zero-order chi connectivity index (χ0) is 11.5. The third kappa shape index (κ3) is 2.98. The van der Waals surface area contributed by atoms with Crippen LogP contribution in [0.4, 0.5) is 0 Å². The fourth-order valence-electron chi connectivity index (χ4n) is 2.02. The van der Waals surface area contributed by atoms with Gasteiger partial charge in [0.15, 0.2) is 0 Å². The number of benzene rings is 1. The van der Waals surface area contributed by atoms with Crippen LogP contribution in [0.2, 0.25) is 5.02 Å². The molecule has 88 valence electrons. The van der Waals surface area contributed by atoms with Crippen molar-refractivity contribution in [1.82, 2.24) is 4.90 Å². The summed E-state index contributed by atoms with van der Waals surface area (Å²) in [5, 5.41) is 0.829. The molecule has 2 rings (SSSR count). The lowest BCUT2D eigenvalue weighted by atomic mass is 10.2. The molecule has 16 heavy (non-hydrogen) atoms. The predicted octanol–water partition coefficient (Wildman–Crippen LogP) is 3.32. The summed E-state index contributed by atoms with van der Waals surface area (Å²) in [4.78, 5) is 2.38. The van der Waals surface area contributed by atoms with Crippen molar-refractivity contribution in [2.24, 2.45) is 0 Å². The third-order valence-corrected chi connectivity index (χ3v) is 3.82. The van der Waals surface area contributed by atoms with Crippen LogP contribution in [0, 0.1) is 0 Å². The van der Waals surface area contributed by atoms with E-state index in [2.05, 4.69) is 26.9 Å². The highest BCUT2D eigenvalue weighted by Gasteiger charge is 2.22. The summed E-state index contributed by atoms with van der Waals surface area (Å²) in [5.41, 5.74) is 1.18. The van der Waals surface area contributed by atoms with Crippen LogP contribution in [0.15, 0.2) is 22.7 Å². The molecular weight excluding hydrogens is 289 g/mol. The molecule has 0 unspecified atom stereocenters. The van der Waals surface area contributed by atoms with Gasteiger partial charge in [-0.05, 0) is 24.1 Å². The van der Waals surface area contributed by atoms with Crippen LogP contribution in [0.5, 0.6) is 0 Å². The Hall–Kier alpha value is -0.0900. The van der Waals surface area contributed by atoms with E-state index < -0.39 is 0 Å². The molecule has 1 atom stereocenters. The minimum Gasteiger partial charge on any atom is -0.380 e. The van der Waals surface area contributed by atoms with Gasteiger partial charge in [-0.3, -0.25) is 4.90 Å². The molecule has 4 heteroatoms. The van der Waals surface area contributed by atoms with Gasteiger partial charge < -0.3 is 4.74 Å². The number of halogens is 2. The Morgan fingerprint density at radius 3 is 3.00 bits per heavy atom. The van der Waals surface area contributed by atoms with Gasteiger partial charge in [-0.2, -0.15) is 0 Å². The molecule has 0 aromatic heterocycles. The first kappa shape index (κ1) is 12.4. The topological polar surface area (TPSA) is 12.5 Å². The largest absolute Gasteiger partial charge is 0.380 e. The maximum atomic E-state index is 6.19. The second-order valence-corrected chi connectivity index (χ2v) is 5.44. The average molecular weight is 305 g/mol. The second-order valence-electron chi connectivity index (χ2n) is 4.12. The standard InChI is InChI=1S/C12H15BrClNO/c1-16-11-4-5-15(8-11)7-9-2-3-10(13)6-12(9)14/h2-3,6,11H,4-5,7-8H2,1H3/t11-/m0/s1. The summed E-state index contributed by atoms with van der Waals surface area (Å²) in [5.74, 6) is 0. The number of nitrogens with zero attached hydrogens (tertiary/aromatic N) is 1. The average Bonchev–Trinajstić information content (AvgIpc) is 2.70. The van der Waals surface area contributed by atoms with Crippen molar-refractivity contribution in [3.05, 3.63) is 33.3 Å². The molecule has 1 aromatic carbocycles. The van der Waals surface area contributed by atoms with E-state index in [-0.39, 0.29) is 0 Å². The van der Waals surface area contributed by atoms with E-state index in [1.807, 2.05) is 12.1 Å². The van der Waals surface area contributed by atoms with Crippen LogP contribution in [0.1, 0.15) is 12.0 Å². The Morgan fingerprint density at radius 2 is 2.38 bits per heavy atom. The highest BCUT2D eigenvalue weighted by Crippen LogP contribution is 2.24. The maximum absolute atomic E-state index is 6.19. The maximum Gasteiger partial charge on any atom is 0.0710 e. The van der Waals surface area contributed by atoms with Crippen molar-refractivity contribution in [2.75, 3.05) is 20.2 Å². The molecule has 1 saturated heterocycles. The Labute approximate surface area is 110 Å². The van der Waals surface area contributed by atoms with Crippen molar-refractivity contribution < 1.29 is 4.74 Å². The molecule has 0 N–H and O–H groups in total. The Morgan fingerprint density at radius 1 is 1.56 bits per heavy atom. The van der Waals surface area contributed by atoms with Gasteiger partial charge in [0.25, 0.3) is 0 Å². The molecule has 0 amide bonds. The number of hydrogen-bond donors (Lipinski definition) is 0. The molecule has 0 spiro atoms. The number of ether oxygens (including phenoxy) is 1. The molecule has 0 aliphatic carbocycles. The predicted molar refractivity (Wildman–Crippen MR) is 69.8 cm³/mol. The third-order valence-electron chi connectivity index (χ3n) is 2.97. The van der Waals surface area contributed by atoms with Gasteiger partial charge in [0, 0.05) is 36.2 Å². The van der Waals surface area contributed by atoms with Crippen molar-refractivity contribution in [3.8, 4) is 0 Å². The van der Waals surface area contributed by atoms with Crippen LogP contribution < -0.4 is 0 Å². The van der Waals surface area contributed by atoms with Gasteiger partial charge in [0.2, 0.25) is 0 Å². The van der Waals surface area contributed by atoms with Gasteiger partial charge in [-0.15, -0.1) is 0 Å². The van der Waals surface area contributed by atoms with Crippen molar-refractivity contribution in [2.45, 2.75) is 19.1 Å². The lowest BCUT2D eigenvalue weighted by Crippen LogP contribution is -2.22. The summed E-state index contributed by atoms with van der Waals surface area (Å²) in [6.07, 6.45) is 1.50. The fourth-order valence-corrected chi connectivity index (χ4v) is 2.76. The summed E-state index contributed by atoms with van der Waals surface area (Å²) >= 11 is 9.60. The molecule has 0 saturated carbocycles. The minimum atomic E-state index is 0.384. The molecule has 1 aliphatic rings. The van der Waals surface area contributed by atoms with E-state index >= 15 is 0 Å². The van der Waals surface area contributed by atoms with E-state index in [0.717, 1.165) is 35.6 Å². The molecular formula is C12H15BrClNO. The van der Waals surface area contributed by atoms with Crippen LogP contribution in [-0.2, 0) is 11.3 Å². The molecule has 1 fully saturated rings. The van der Waals surface area contributed by atoms with Crippen LogP contribution in [0.3, 0.4) is 0 Å². The van der Waals surface area contributed by atoms with Gasteiger partial charge >= 0.3 is 0 Å². The summed E-state index contributed by atoms with van der Waals surface area (Å²) < 4.78 is 6.37. The zero-order valence-electron chi connectivity index (χ0n) is 9.25. The van der Waals surface area contributed by atoms with Gasteiger partial charge in [0.05, 0.1) is 6.10 Å². The first-order chi connectivity index (χ1) is 7.69. The monoisotopic (exact) mass is 303 g/mol. The van der Waals surface area contributed by atoms with Gasteiger partial charge in [-0.25, -0.2) is 0 Å².